The Morgan fingerprint density at radius 2 is 2.08 bits per heavy atom. The molecule has 1 rings (SSSR count). The second-order valence-corrected chi connectivity index (χ2v) is 2.83. The third kappa shape index (κ3) is 1.90. The Morgan fingerprint density at radius 3 is 2.54 bits per heavy atom. The van der Waals surface area contributed by atoms with Crippen LogP contribution < -0.4 is 11.1 Å². The Bertz CT molecular complexity index is 263. The summed E-state index contributed by atoms with van der Waals surface area (Å²) >= 11 is 0. The highest BCUT2D eigenvalue weighted by Gasteiger charge is 2.46. The zero-order chi connectivity index (χ0) is 10.0. The van der Waals surface area contributed by atoms with Crippen LogP contribution in [0, 0.1) is 0 Å². The molecule has 0 aromatic rings. The summed E-state index contributed by atoms with van der Waals surface area (Å²) in [7, 11) is 0. The summed E-state index contributed by atoms with van der Waals surface area (Å²) in [5.41, 5.74) is 5.29. The van der Waals surface area contributed by atoms with Crippen LogP contribution in [0.4, 0.5) is 0 Å². The number of aliphatic carboxylic acids is 1. The molecule has 1 fully saturated rings. The number of ketones is 2. The highest BCUT2D eigenvalue weighted by molar-refractivity contribution is 6.48. The summed E-state index contributed by atoms with van der Waals surface area (Å²) < 4.78 is 0. The molecule has 1 aliphatic rings. The molecule has 0 aliphatic heterocycles. The van der Waals surface area contributed by atoms with Crippen LogP contribution in [0.3, 0.4) is 0 Å². The minimum absolute atomic E-state index is 0.0926. The second kappa shape index (κ2) is 3.63. The fraction of sp³-hybridized carbons (Fsp3) is 0.571. The lowest BCUT2D eigenvalue weighted by Gasteiger charge is -2.30. The second-order valence-electron chi connectivity index (χ2n) is 2.83. The van der Waals surface area contributed by atoms with Crippen molar-refractivity contribution in [3.8, 4) is 0 Å². The van der Waals surface area contributed by atoms with Gasteiger partial charge in [-0.1, -0.05) is 0 Å². The predicted molar refractivity (Wildman–Crippen MR) is 42.0 cm³/mol. The van der Waals surface area contributed by atoms with E-state index in [9.17, 15) is 14.4 Å². The number of Topliss-reactive ketones (excluding diaryl/α,β-unsaturated/α-hetero) is 2. The molecule has 2 unspecified atom stereocenters. The van der Waals surface area contributed by atoms with Crippen LogP contribution in [0.1, 0.15) is 6.42 Å². The number of hydrogen-bond acceptors (Lipinski definition) is 5. The average Bonchev–Trinajstić information content (AvgIpc) is 2.10. The van der Waals surface area contributed by atoms with E-state index in [1.807, 2.05) is 0 Å². The van der Waals surface area contributed by atoms with Gasteiger partial charge in [0.1, 0.15) is 0 Å². The molecule has 1 saturated carbocycles. The molecular weight excluding hydrogens is 176 g/mol. The Balaban J connectivity index is 2.27. The van der Waals surface area contributed by atoms with E-state index in [4.69, 9.17) is 10.8 Å². The van der Waals surface area contributed by atoms with Crippen molar-refractivity contribution < 1.29 is 19.5 Å². The number of hydrogen-bond donors (Lipinski definition) is 3. The van der Waals surface area contributed by atoms with Crippen molar-refractivity contribution in [2.75, 3.05) is 6.54 Å². The monoisotopic (exact) mass is 186 g/mol. The van der Waals surface area contributed by atoms with Gasteiger partial charge in [0.2, 0.25) is 11.6 Å². The van der Waals surface area contributed by atoms with E-state index in [1.165, 1.54) is 0 Å². The Kier molecular flexibility index (Phi) is 2.74. The van der Waals surface area contributed by atoms with Crippen LogP contribution in [0.2, 0.25) is 0 Å². The molecule has 0 heterocycles. The van der Waals surface area contributed by atoms with Crippen molar-refractivity contribution in [3.63, 3.8) is 0 Å². The molecule has 6 heteroatoms. The summed E-state index contributed by atoms with van der Waals surface area (Å²) in [4.78, 5) is 31.5. The highest BCUT2D eigenvalue weighted by Crippen LogP contribution is 2.08. The lowest BCUT2D eigenvalue weighted by Crippen LogP contribution is -2.68. The molecule has 0 aromatic heterocycles. The molecule has 0 amide bonds. The predicted octanol–water partition coefficient (Wildman–Crippen LogP) is -2.10. The maximum Gasteiger partial charge on any atom is 0.304 e. The van der Waals surface area contributed by atoms with Crippen LogP contribution in [0.15, 0.2) is 0 Å². The molecule has 0 spiro atoms. The standard InChI is InChI=1S/C7H10N2O4/c8-4-5(7(13)6(4)12)9-2-1-3(10)11/h4-5,9H,1-2,8H2,(H,10,11). The first-order valence-corrected chi connectivity index (χ1v) is 3.83. The lowest BCUT2D eigenvalue weighted by atomic mass is 9.84. The normalized spacial score (nSPS) is 27.2. The van der Waals surface area contributed by atoms with Gasteiger partial charge in [0.25, 0.3) is 0 Å². The Labute approximate surface area is 74.1 Å². The van der Waals surface area contributed by atoms with E-state index in [0.717, 1.165) is 0 Å². The minimum atomic E-state index is -0.959. The average molecular weight is 186 g/mol. The van der Waals surface area contributed by atoms with Gasteiger partial charge in [-0.2, -0.15) is 0 Å². The summed E-state index contributed by atoms with van der Waals surface area (Å²) in [6, 6.07) is -1.49. The third-order valence-corrected chi connectivity index (χ3v) is 1.89. The van der Waals surface area contributed by atoms with Gasteiger partial charge < -0.3 is 16.2 Å². The lowest BCUT2D eigenvalue weighted by molar-refractivity contribution is -0.146. The number of nitrogens with two attached hydrogens (primary N) is 1. The molecule has 13 heavy (non-hydrogen) atoms. The quantitative estimate of drug-likeness (QED) is 0.434. The molecule has 0 saturated heterocycles. The molecule has 0 bridgehead atoms. The largest absolute Gasteiger partial charge is 0.481 e. The van der Waals surface area contributed by atoms with E-state index < -0.39 is 29.6 Å². The van der Waals surface area contributed by atoms with E-state index >= 15 is 0 Å². The highest BCUT2D eigenvalue weighted by atomic mass is 16.4. The summed E-state index contributed by atoms with van der Waals surface area (Å²) in [6.07, 6.45) is -0.0926. The fourth-order valence-corrected chi connectivity index (χ4v) is 1.09. The SMILES string of the molecule is NC1C(=O)C(=O)C1NCCC(=O)O. The third-order valence-electron chi connectivity index (χ3n) is 1.89. The van der Waals surface area contributed by atoms with Crippen LogP contribution >= 0.6 is 0 Å². The first-order valence-electron chi connectivity index (χ1n) is 3.83. The van der Waals surface area contributed by atoms with Crippen molar-refractivity contribution in [1.82, 2.24) is 5.32 Å². The number of carboxylic acid groups (broad SMARTS) is 1. The molecule has 4 N–H and O–H groups in total. The van der Waals surface area contributed by atoms with Gasteiger partial charge >= 0.3 is 5.97 Å². The van der Waals surface area contributed by atoms with Gasteiger partial charge in [-0.25, -0.2) is 0 Å². The van der Waals surface area contributed by atoms with Gasteiger partial charge in [0.05, 0.1) is 18.5 Å². The van der Waals surface area contributed by atoms with E-state index in [0.29, 0.717) is 0 Å². The van der Waals surface area contributed by atoms with Crippen molar-refractivity contribution in [2.45, 2.75) is 18.5 Å². The number of nitrogens with one attached hydrogen (secondary N) is 1. The first kappa shape index (κ1) is 9.82. The molecule has 0 radical (unpaired) electrons. The molecule has 1 aliphatic carbocycles. The van der Waals surface area contributed by atoms with Crippen molar-refractivity contribution in [3.05, 3.63) is 0 Å². The van der Waals surface area contributed by atoms with Gasteiger partial charge in [-0.3, -0.25) is 14.4 Å². The summed E-state index contributed by atoms with van der Waals surface area (Å²) in [5.74, 6) is -2.11. The van der Waals surface area contributed by atoms with Crippen molar-refractivity contribution in [2.24, 2.45) is 5.73 Å². The van der Waals surface area contributed by atoms with Crippen LogP contribution in [-0.4, -0.2) is 41.3 Å². The van der Waals surface area contributed by atoms with Crippen LogP contribution in [0.5, 0.6) is 0 Å². The smallest absolute Gasteiger partial charge is 0.304 e. The molecule has 2 atom stereocenters. The summed E-state index contributed by atoms with van der Waals surface area (Å²) in [6.45, 7) is 0.146. The van der Waals surface area contributed by atoms with Gasteiger partial charge in [0, 0.05) is 6.54 Å². The first-order chi connectivity index (χ1) is 6.04. The van der Waals surface area contributed by atoms with Gasteiger partial charge in [-0.15, -0.1) is 0 Å². The Morgan fingerprint density at radius 1 is 1.46 bits per heavy atom. The zero-order valence-corrected chi connectivity index (χ0v) is 6.82. The van der Waals surface area contributed by atoms with E-state index in [2.05, 4.69) is 5.32 Å². The summed E-state index contributed by atoms with van der Waals surface area (Å²) in [5, 5.41) is 10.9. The van der Waals surface area contributed by atoms with Crippen molar-refractivity contribution >= 4 is 17.5 Å². The molecule has 0 aromatic carbocycles. The molecule has 72 valence electrons. The Hall–Kier alpha value is -1.27. The number of carboxylic acids is 1. The van der Waals surface area contributed by atoms with E-state index in [-0.39, 0.29) is 13.0 Å². The van der Waals surface area contributed by atoms with Crippen LogP contribution in [-0.2, 0) is 14.4 Å². The van der Waals surface area contributed by atoms with Gasteiger partial charge in [0.15, 0.2) is 0 Å². The fourth-order valence-electron chi connectivity index (χ4n) is 1.09. The minimum Gasteiger partial charge on any atom is -0.481 e. The maximum absolute atomic E-state index is 10.8. The zero-order valence-electron chi connectivity index (χ0n) is 6.82. The van der Waals surface area contributed by atoms with E-state index in [1.54, 1.807) is 0 Å². The topological polar surface area (TPSA) is 109 Å². The van der Waals surface area contributed by atoms with Gasteiger partial charge in [-0.05, 0) is 0 Å². The number of rotatable bonds is 4. The number of carbonyl (C=O) groups excluding carboxylic acids is 2. The maximum atomic E-state index is 10.8. The molecular formula is C7H10N2O4. The number of carbonyl (C=O) groups is 3. The van der Waals surface area contributed by atoms with Crippen LogP contribution in [0.25, 0.3) is 0 Å². The van der Waals surface area contributed by atoms with Crippen molar-refractivity contribution in [1.29, 1.82) is 0 Å². The molecule has 6 nitrogen and oxygen atoms in total.